The van der Waals surface area contributed by atoms with Gasteiger partial charge < -0.3 is 14.8 Å². The summed E-state index contributed by atoms with van der Waals surface area (Å²) in [7, 11) is 1.36. The van der Waals surface area contributed by atoms with E-state index in [1.54, 1.807) is 6.07 Å². The lowest BCUT2D eigenvalue weighted by atomic mass is 10.1. The number of halogens is 1. The number of nitrogens with one attached hydrogen (secondary N) is 1. The highest BCUT2D eigenvalue weighted by Crippen LogP contribution is 2.18. The molecular weight excluding hydrogens is 333 g/mol. The Bertz CT molecular complexity index is 703. The van der Waals surface area contributed by atoms with Gasteiger partial charge in [-0.05, 0) is 36.1 Å². The molecule has 1 amide bonds. The standard InChI is InChI=1S/C17H18FNO4S/c1-11(17(21)19-10-13-4-3-7-24-13)23-16(20)9-12-5-6-15(22-2)14(18)8-12/h3-8,11H,9-10H2,1-2H3,(H,19,21)/t11-/m1/s1. The number of esters is 1. The molecule has 0 aliphatic carbocycles. The van der Waals surface area contributed by atoms with Crippen LogP contribution in [0.2, 0.25) is 0 Å². The second-order valence-corrected chi connectivity index (χ2v) is 6.11. The van der Waals surface area contributed by atoms with Crippen molar-refractivity contribution in [3.63, 3.8) is 0 Å². The van der Waals surface area contributed by atoms with Crippen LogP contribution in [0.15, 0.2) is 35.7 Å². The van der Waals surface area contributed by atoms with E-state index >= 15 is 0 Å². The number of amides is 1. The summed E-state index contributed by atoms with van der Waals surface area (Å²) < 4.78 is 23.5. The summed E-state index contributed by atoms with van der Waals surface area (Å²) in [6.07, 6.45) is -1.04. The molecule has 0 radical (unpaired) electrons. The first-order valence-electron chi connectivity index (χ1n) is 7.31. The fraction of sp³-hybridized carbons (Fsp3) is 0.294. The summed E-state index contributed by atoms with van der Waals surface area (Å²) in [5.41, 5.74) is 0.449. The summed E-state index contributed by atoms with van der Waals surface area (Å²) in [5.74, 6) is -1.42. The Morgan fingerprint density at radius 1 is 1.33 bits per heavy atom. The molecule has 2 rings (SSSR count). The molecule has 5 nitrogen and oxygen atoms in total. The van der Waals surface area contributed by atoms with Crippen molar-refractivity contribution in [3.05, 3.63) is 52.0 Å². The molecule has 1 N–H and O–H groups in total. The van der Waals surface area contributed by atoms with Gasteiger partial charge in [0.15, 0.2) is 17.7 Å². The summed E-state index contributed by atoms with van der Waals surface area (Å²) in [6.45, 7) is 1.89. The molecule has 0 aliphatic heterocycles. The van der Waals surface area contributed by atoms with Crippen molar-refractivity contribution in [3.8, 4) is 5.75 Å². The number of ether oxygens (including phenoxy) is 2. The molecule has 1 aromatic heterocycles. The van der Waals surface area contributed by atoms with Gasteiger partial charge in [-0.1, -0.05) is 12.1 Å². The van der Waals surface area contributed by atoms with Crippen LogP contribution in [0.1, 0.15) is 17.4 Å². The Morgan fingerprint density at radius 2 is 2.12 bits per heavy atom. The lowest BCUT2D eigenvalue weighted by Gasteiger charge is -2.13. The van der Waals surface area contributed by atoms with E-state index in [0.29, 0.717) is 12.1 Å². The third-order valence-corrected chi connectivity index (χ3v) is 4.14. The topological polar surface area (TPSA) is 64.6 Å². The fourth-order valence-corrected chi connectivity index (χ4v) is 2.65. The smallest absolute Gasteiger partial charge is 0.311 e. The number of rotatable bonds is 7. The van der Waals surface area contributed by atoms with E-state index in [1.807, 2.05) is 17.5 Å². The highest BCUT2D eigenvalue weighted by molar-refractivity contribution is 7.09. The molecule has 0 aliphatic rings. The van der Waals surface area contributed by atoms with E-state index < -0.39 is 17.9 Å². The first-order valence-corrected chi connectivity index (χ1v) is 8.19. The Kier molecular flexibility index (Phi) is 6.31. The van der Waals surface area contributed by atoms with Gasteiger partial charge in [0.2, 0.25) is 0 Å². The van der Waals surface area contributed by atoms with E-state index in [4.69, 9.17) is 9.47 Å². The number of hydrogen-bond donors (Lipinski definition) is 1. The third kappa shape index (κ3) is 5.06. The van der Waals surface area contributed by atoms with Gasteiger partial charge in [-0.2, -0.15) is 0 Å². The van der Waals surface area contributed by atoms with Crippen LogP contribution in [0, 0.1) is 5.82 Å². The Morgan fingerprint density at radius 3 is 2.75 bits per heavy atom. The largest absolute Gasteiger partial charge is 0.494 e. The van der Waals surface area contributed by atoms with Gasteiger partial charge in [-0.3, -0.25) is 9.59 Å². The van der Waals surface area contributed by atoms with Gasteiger partial charge in [0.1, 0.15) is 0 Å². The molecule has 2 aromatic rings. The maximum atomic E-state index is 13.6. The number of methoxy groups -OCH3 is 1. The predicted molar refractivity (Wildman–Crippen MR) is 88.4 cm³/mol. The van der Waals surface area contributed by atoms with Crippen LogP contribution in [0.5, 0.6) is 5.75 Å². The second-order valence-electron chi connectivity index (χ2n) is 5.07. The second kappa shape index (κ2) is 8.44. The molecule has 7 heteroatoms. The lowest BCUT2D eigenvalue weighted by molar-refractivity contribution is -0.154. The monoisotopic (exact) mass is 351 g/mol. The molecule has 0 saturated heterocycles. The van der Waals surface area contributed by atoms with E-state index in [0.717, 1.165) is 4.88 Å². The molecule has 0 spiro atoms. The molecule has 0 fully saturated rings. The van der Waals surface area contributed by atoms with Crippen molar-refractivity contribution in [1.29, 1.82) is 0 Å². The molecule has 1 atom stereocenters. The highest BCUT2D eigenvalue weighted by atomic mass is 32.1. The van der Waals surface area contributed by atoms with E-state index in [2.05, 4.69) is 5.32 Å². The summed E-state index contributed by atoms with van der Waals surface area (Å²) in [4.78, 5) is 24.8. The minimum Gasteiger partial charge on any atom is -0.494 e. The Balaban J connectivity index is 1.82. The average Bonchev–Trinajstić information content (AvgIpc) is 3.06. The van der Waals surface area contributed by atoms with Crippen LogP contribution in [-0.4, -0.2) is 25.1 Å². The Hall–Kier alpha value is -2.41. The molecule has 0 bridgehead atoms. The number of carbonyl (C=O) groups is 2. The van der Waals surface area contributed by atoms with Crippen molar-refractivity contribution >= 4 is 23.2 Å². The van der Waals surface area contributed by atoms with Gasteiger partial charge in [-0.15, -0.1) is 11.3 Å². The molecule has 0 saturated carbocycles. The zero-order valence-corrected chi connectivity index (χ0v) is 14.2. The van der Waals surface area contributed by atoms with Crippen molar-refractivity contribution in [2.75, 3.05) is 7.11 Å². The van der Waals surface area contributed by atoms with Crippen LogP contribution in [-0.2, 0) is 27.3 Å². The number of carbonyl (C=O) groups excluding carboxylic acids is 2. The molecule has 1 aromatic carbocycles. The zero-order chi connectivity index (χ0) is 17.5. The van der Waals surface area contributed by atoms with Crippen LogP contribution in [0.4, 0.5) is 4.39 Å². The summed E-state index contributed by atoms with van der Waals surface area (Å²) in [5, 5.41) is 4.61. The molecule has 128 valence electrons. The number of benzene rings is 1. The van der Waals surface area contributed by atoms with Gasteiger partial charge in [0, 0.05) is 4.88 Å². The number of thiophene rings is 1. The van der Waals surface area contributed by atoms with Gasteiger partial charge in [0.25, 0.3) is 5.91 Å². The summed E-state index contributed by atoms with van der Waals surface area (Å²) in [6, 6.07) is 8.02. The van der Waals surface area contributed by atoms with Crippen LogP contribution in [0.3, 0.4) is 0 Å². The van der Waals surface area contributed by atoms with Gasteiger partial charge in [0.05, 0.1) is 20.1 Å². The van der Waals surface area contributed by atoms with E-state index in [9.17, 15) is 14.0 Å². The molecule has 1 heterocycles. The van der Waals surface area contributed by atoms with Crippen molar-refractivity contribution < 1.29 is 23.5 Å². The first-order chi connectivity index (χ1) is 11.5. The van der Waals surface area contributed by atoms with Crippen LogP contribution < -0.4 is 10.1 Å². The normalized spacial score (nSPS) is 11.6. The predicted octanol–water partition coefficient (Wildman–Crippen LogP) is 2.69. The molecule has 0 unspecified atom stereocenters. The molecule has 24 heavy (non-hydrogen) atoms. The van der Waals surface area contributed by atoms with Gasteiger partial charge >= 0.3 is 5.97 Å². The van der Waals surface area contributed by atoms with Crippen molar-refractivity contribution in [2.24, 2.45) is 0 Å². The van der Waals surface area contributed by atoms with Crippen LogP contribution in [0.25, 0.3) is 0 Å². The average molecular weight is 351 g/mol. The van der Waals surface area contributed by atoms with Crippen molar-refractivity contribution in [1.82, 2.24) is 5.32 Å². The van der Waals surface area contributed by atoms with E-state index in [1.165, 1.54) is 37.5 Å². The maximum absolute atomic E-state index is 13.6. The maximum Gasteiger partial charge on any atom is 0.311 e. The van der Waals surface area contributed by atoms with Crippen molar-refractivity contribution in [2.45, 2.75) is 26.0 Å². The van der Waals surface area contributed by atoms with E-state index in [-0.39, 0.29) is 18.1 Å². The number of hydrogen-bond acceptors (Lipinski definition) is 5. The van der Waals surface area contributed by atoms with Crippen LogP contribution >= 0.6 is 11.3 Å². The minimum atomic E-state index is -0.916. The SMILES string of the molecule is COc1ccc(CC(=O)O[C@H](C)C(=O)NCc2cccs2)cc1F. The fourth-order valence-electron chi connectivity index (χ4n) is 2.01. The summed E-state index contributed by atoms with van der Waals surface area (Å²) >= 11 is 1.53. The lowest BCUT2D eigenvalue weighted by Crippen LogP contribution is -2.35. The first kappa shape index (κ1) is 17.9. The Labute approximate surface area is 143 Å². The van der Waals surface area contributed by atoms with Gasteiger partial charge in [-0.25, -0.2) is 4.39 Å². The quantitative estimate of drug-likeness (QED) is 0.779. The zero-order valence-electron chi connectivity index (χ0n) is 13.4. The molecular formula is C17H18FNO4S. The minimum absolute atomic E-state index is 0.105. The third-order valence-electron chi connectivity index (χ3n) is 3.26. The highest BCUT2D eigenvalue weighted by Gasteiger charge is 2.18.